The number of hydrogen-bond acceptors (Lipinski definition) is 5. The minimum absolute atomic E-state index is 0.0200. The first-order valence-corrected chi connectivity index (χ1v) is 7.42. The molecule has 0 fully saturated rings. The molecule has 0 aromatic heterocycles. The van der Waals surface area contributed by atoms with Crippen LogP contribution in [0.2, 0.25) is 0 Å². The molecule has 17 heavy (non-hydrogen) atoms. The van der Waals surface area contributed by atoms with E-state index in [2.05, 4.69) is 4.72 Å². The fourth-order valence-corrected chi connectivity index (χ4v) is 2.24. The Morgan fingerprint density at radius 2 is 1.88 bits per heavy atom. The van der Waals surface area contributed by atoms with E-state index in [0.29, 0.717) is 26.4 Å². The van der Waals surface area contributed by atoms with E-state index in [1.807, 2.05) is 0 Å². The van der Waals surface area contributed by atoms with Crippen LogP contribution in [0.25, 0.3) is 0 Å². The van der Waals surface area contributed by atoms with Gasteiger partial charge in [-0.1, -0.05) is 0 Å². The summed E-state index contributed by atoms with van der Waals surface area (Å²) < 4.78 is 35.1. The van der Waals surface area contributed by atoms with Gasteiger partial charge in [-0.25, -0.2) is 13.1 Å². The summed E-state index contributed by atoms with van der Waals surface area (Å²) in [6.07, 6.45) is 1.83. The summed E-state index contributed by atoms with van der Waals surface area (Å²) in [4.78, 5) is 0. The van der Waals surface area contributed by atoms with Crippen molar-refractivity contribution in [3.05, 3.63) is 0 Å². The summed E-state index contributed by atoms with van der Waals surface area (Å²) in [5.41, 5.74) is 0. The maximum Gasteiger partial charge on any atom is 0.211 e. The summed E-state index contributed by atoms with van der Waals surface area (Å²) in [5.74, 6) is -0.0200. The van der Waals surface area contributed by atoms with E-state index < -0.39 is 10.0 Å². The predicted molar refractivity (Wildman–Crippen MR) is 65.4 cm³/mol. The second kappa shape index (κ2) is 10.9. The first-order chi connectivity index (χ1) is 8.12. The molecule has 0 saturated carbocycles. The number of unbranched alkanes of at least 4 members (excludes halogenated alkanes) is 1. The fraction of sp³-hybridized carbons (Fsp3) is 1.00. The minimum Gasteiger partial charge on any atom is -0.396 e. The van der Waals surface area contributed by atoms with Crippen molar-refractivity contribution in [2.75, 3.05) is 45.8 Å². The van der Waals surface area contributed by atoms with Crippen molar-refractivity contribution in [2.45, 2.75) is 19.3 Å². The standard InChI is InChI=1S/C10H23NO5S/c1-15-8-9-16-7-3-2-5-11-17(13,14)10-4-6-12/h11-12H,2-10H2,1H3. The van der Waals surface area contributed by atoms with Gasteiger partial charge in [-0.05, 0) is 19.3 Å². The quantitative estimate of drug-likeness (QED) is 0.476. The zero-order valence-electron chi connectivity index (χ0n) is 10.4. The highest BCUT2D eigenvalue weighted by Gasteiger charge is 2.07. The fourth-order valence-electron chi connectivity index (χ4n) is 1.13. The van der Waals surface area contributed by atoms with Crippen LogP contribution < -0.4 is 4.72 Å². The third-order valence-electron chi connectivity index (χ3n) is 2.04. The van der Waals surface area contributed by atoms with Crippen LogP contribution in [0.4, 0.5) is 0 Å². The molecule has 2 N–H and O–H groups in total. The molecule has 0 unspecified atom stereocenters. The van der Waals surface area contributed by atoms with Gasteiger partial charge in [0.1, 0.15) is 0 Å². The van der Waals surface area contributed by atoms with Crippen molar-refractivity contribution in [1.82, 2.24) is 4.72 Å². The molecule has 0 aromatic carbocycles. The third-order valence-corrected chi connectivity index (χ3v) is 3.51. The van der Waals surface area contributed by atoms with E-state index in [9.17, 15) is 8.42 Å². The molecule has 0 aliphatic carbocycles. The lowest BCUT2D eigenvalue weighted by atomic mass is 10.3. The molecule has 0 aromatic rings. The molecule has 104 valence electrons. The molecule has 0 heterocycles. The number of methoxy groups -OCH3 is 1. The van der Waals surface area contributed by atoms with Crippen LogP contribution in [0.15, 0.2) is 0 Å². The third kappa shape index (κ3) is 12.0. The van der Waals surface area contributed by atoms with Gasteiger partial charge in [0.25, 0.3) is 0 Å². The number of ether oxygens (including phenoxy) is 2. The lowest BCUT2D eigenvalue weighted by Crippen LogP contribution is -2.27. The number of nitrogens with one attached hydrogen (secondary N) is 1. The van der Waals surface area contributed by atoms with Crippen LogP contribution in [0.5, 0.6) is 0 Å². The predicted octanol–water partition coefficient (Wildman–Crippen LogP) is -0.269. The normalized spacial score (nSPS) is 11.9. The average Bonchev–Trinajstić information content (AvgIpc) is 2.30. The monoisotopic (exact) mass is 269 g/mol. The smallest absolute Gasteiger partial charge is 0.211 e. The zero-order valence-corrected chi connectivity index (χ0v) is 11.2. The highest BCUT2D eigenvalue weighted by atomic mass is 32.2. The molecule has 0 aliphatic rings. The van der Waals surface area contributed by atoms with Crippen molar-refractivity contribution in [1.29, 1.82) is 0 Å². The Kier molecular flexibility index (Phi) is 10.8. The lowest BCUT2D eigenvalue weighted by molar-refractivity contribution is 0.0689. The molecule has 0 spiro atoms. The largest absolute Gasteiger partial charge is 0.396 e. The molecule has 0 amide bonds. The van der Waals surface area contributed by atoms with Crippen molar-refractivity contribution in [3.63, 3.8) is 0 Å². The summed E-state index contributed by atoms with van der Waals surface area (Å²) in [6.45, 7) is 2.07. The molecular weight excluding hydrogens is 246 g/mol. The van der Waals surface area contributed by atoms with E-state index in [-0.39, 0.29) is 18.8 Å². The molecule has 0 radical (unpaired) electrons. The molecule has 6 nitrogen and oxygen atoms in total. The summed E-state index contributed by atoms with van der Waals surface area (Å²) in [6, 6.07) is 0. The van der Waals surface area contributed by atoms with Crippen LogP contribution in [-0.4, -0.2) is 59.4 Å². The van der Waals surface area contributed by atoms with Gasteiger partial charge in [-0.15, -0.1) is 0 Å². The van der Waals surface area contributed by atoms with Gasteiger partial charge < -0.3 is 14.6 Å². The Bertz CT molecular complexity index is 255. The maximum atomic E-state index is 11.3. The Labute approximate surface area is 103 Å². The van der Waals surface area contributed by atoms with Crippen LogP contribution in [-0.2, 0) is 19.5 Å². The van der Waals surface area contributed by atoms with Crippen LogP contribution in [0, 0.1) is 0 Å². The van der Waals surface area contributed by atoms with Gasteiger partial charge in [0, 0.05) is 26.9 Å². The van der Waals surface area contributed by atoms with Gasteiger partial charge >= 0.3 is 0 Å². The van der Waals surface area contributed by atoms with Crippen molar-refractivity contribution >= 4 is 10.0 Å². The highest BCUT2D eigenvalue weighted by Crippen LogP contribution is 1.93. The zero-order chi connectivity index (χ0) is 13.0. The molecular formula is C10H23NO5S. The Balaban J connectivity index is 3.32. The lowest BCUT2D eigenvalue weighted by Gasteiger charge is -2.06. The van der Waals surface area contributed by atoms with Crippen LogP contribution in [0.3, 0.4) is 0 Å². The summed E-state index contributed by atoms with van der Waals surface area (Å²) in [5, 5.41) is 8.52. The maximum absolute atomic E-state index is 11.3. The molecule has 0 atom stereocenters. The van der Waals surface area contributed by atoms with Gasteiger partial charge in [0.15, 0.2) is 0 Å². The first-order valence-electron chi connectivity index (χ1n) is 5.77. The summed E-state index contributed by atoms with van der Waals surface area (Å²) in [7, 11) is -1.60. The minimum atomic E-state index is -3.22. The molecule has 0 bridgehead atoms. The van der Waals surface area contributed by atoms with E-state index in [0.717, 1.165) is 12.8 Å². The first kappa shape index (κ1) is 16.8. The van der Waals surface area contributed by atoms with E-state index in [4.69, 9.17) is 14.6 Å². The number of hydrogen-bond donors (Lipinski definition) is 2. The van der Waals surface area contributed by atoms with Crippen molar-refractivity contribution in [2.24, 2.45) is 0 Å². The average molecular weight is 269 g/mol. The summed E-state index contributed by atoms with van der Waals surface area (Å²) >= 11 is 0. The topological polar surface area (TPSA) is 84.9 Å². The van der Waals surface area contributed by atoms with Gasteiger partial charge in [-0.3, -0.25) is 0 Å². The number of aliphatic hydroxyl groups is 1. The van der Waals surface area contributed by atoms with Crippen LogP contribution in [0.1, 0.15) is 19.3 Å². The van der Waals surface area contributed by atoms with Crippen LogP contribution >= 0.6 is 0 Å². The second-order valence-electron chi connectivity index (χ2n) is 3.60. The molecule has 0 saturated heterocycles. The van der Waals surface area contributed by atoms with Gasteiger partial charge in [0.2, 0.25) is 10.0 Å². The van der Waals surface area contributed by atoms with E-state index in [1.165, 1.54) is 0 Å². The number of rotatable bonds is 12. The van der Waals surface area contributed by atoms with E-state index >= 15 is 0 Å². The Hall–Kier alpha value is -0.210. The SMILES string of the molecule is COCCOCCCCNS(=O)(=O)CCCO. The molecule has 7 heteroatoms. The molecule has 0 rings (SSSR count). The van der Waals surface area contributed by atoms with Gasteiger partial charge in [-0.2, -0.15) is 0 Å². The van der Waals surface area contributed by atoms with Crippen molar-refractivity contribution in [3.8, 4) is 0 Å². The highest BCUT2D eigenvalue weighted by molar-refractivity contribution is 7.89. The Morgan fingerprint density at radius 3 is 2.53 bits per heavy atom. The number of aliphatic hydroxyl groups excluding tert-OH is 1. The Morgan fingerprint density at radius 1 is 1.12 bits per heavy atom. The van der Waals surface area contributed by atoms with Crippen molar-refractivity contribution < 1.29 is 23.0 Å². The van der Waals surface area contributed by atoms with Gasteiger partial charge in [0.05, 0.1) is 19.0 Å². The van der Waals surface area contributed by atoms with E-state index in [1.54, 1.807) is 7.11 Å². The molecule has 0 aliphatic heterocycles. The second-order valence-corrected chi connectivity index (χ2v) is 5.53. The number of sulfonamides is 1.